The van der Waals surface area contributed by atoms with Crippen LogP contribution in [0.1, 0.15) is 68.2 Å². The third kappa shape index (κ3) is 5.77. The summed E-state index contributed by atoms with van der Waals surface area (Å²) in [6, 6.07) is -2.97. The van der Waals surface area contributed by atoms with Crippen LogP contribution in [-0.2, 0) is 35.4 Å². The summed E-state index contributed by atoms with van der Waals surface area (Å²) in [6.45, 7) is 16.2. The molecular formula is C27H45N6O6S+. The first-order valence-electron chi connectivity index (χ1n) is 14.0. The molecule has 0 aromatic rings. The standard InChI is InChI=1S/C27H44N6O6S/c1-24(2,3)18(31-23(38)32-25(4,5)6)21(36)33-12-14-16(26(14,7)8)17(33)20(35)30-15(27(22(28)37)39-40-27)11-13-9-10-29-19(13)34/h13-18H,9-12H2,1-8H3,(H2,28,37)(H,29,34)(H,30,35)(H2,31,32,38)/p+1/t13-,14+,15+,16+,17+,18-,27+/m1/s1. The fourth-order valence-corrected chi connectivity index (χ4v) is 7.00. The molecule has 4 rings (SSSR count). The van der Waals surface area contributed by atoms with Gasteiger partial charge in [0.05, 0.1) is 0 Å². The molecule has 6 amide bonds. The maximum Gasteiger partial charge on any atom is 0.400 e. The Labute approximate surface area is 240 Å². The summed E-state index contributed by atoms with van der Waals surface area (Å²) in [5.74, 6) is -1.93. The Bertz CT molecular complexity index is 1090. The lowest BCUT2D eigenvalue weighted by atomic mass is 9.85. The van der Waals surface area contributed by atoms with Crippen LogP contribution in [0.4, 0.5) is 4.79 Å². The summed E-state index contributed by atoms with van der Waals surface area (Å²) in [5, 5.41) is 11.4. The molecule has 0 aromatic heterocycles. The molecule has 224 valence electrons. The van der Waals surface area contributed by atoms with Crippen LogP contribution in [0.25, 0.3) is 0 Å². The number of piperidine rings is 1. The molecule has 0 spiro atoms. The van der Waals surface area contributed by atoms with E-state index in [1.807, 2.05) is 41.5 Å². The van der Waals surface area contributed by atoms with Gasteiger partial charge in [-0.15, -0.1) is 0 Å². The number of amides is 6. The number of nitrogens with zero attached hydrogens (tertiary/aromatic N) is 1. The van der Waals surface area contributed by atoms with Crippen molar-refractivity contribution < 1.29 is 28.2 Å². The molecular weight excluding hydrogens is 536 g/mol. The van der Waals surface area contributed by atoms with Crippen molar-refractivity contribution in [3.8, 4) is 0 Å². The monoisotopic (exact) mass is 581 g/mol. The Kier molecular flexibility index (Phi) is 7.66. The summed E-state index contributed by atoms with van der Waals surface area (Å²) >= 11 is 0.335. The van der Waals surface area contributed by atoms with E-state index in [4.69, 9.17) is 9.92 Å². The lowest BCUT2D eigenvalue weighted by molar-refractivity contribution is -0.144. The third-order valence-electron chi connectivity index (χ3n) is 8.75. The van der Waals surface area contributed by atoms with Gasteiger partial charge in [-0.05, 0) is 56.3 Å². The molecule has 6 N–H and O–H groups in total. The third-order valence-corrected chi connectivity index (χ3v) is 9.86. The van der Waals surface area contributed by atoms with Gasteiger partial charge in [-0.1, -0.05) is 38.8 Å². The number of hydrogen-bond donors (Lipinski definition) is 5. The van der Waals surface area contributed by atoms with E-state index in [-0.39, 0.29) is 41.4 Å². The van der Waals surface area contributed by atoms with Gasteiger partial charge >= 0.3 is 16.9 Å². The number of carbonyl (C=O) groups is 5. The van der Waals surface area contributed by atoms with Gasteiger partial charge in [-0.3, -0.25) is 19.2 Å². The number of nitrogens with two attached hydrogens (primary N) is 1. The highest BCUT2D eigenvalue weighted by Crippen LogP contribution is 2.65. The van der Waals surface area contributed by atoms with Gasteiger partial charge in [0.15, 0.2) is 12.0 Å². The van der Waals surface area contributed by atoms with Crippen LogP contribution in [0.2, 0.25) is 0 Å². The van der Waals surface area contributed by atoms with Gasteiger partial charge in [-0.25, -0.2) is 4.79 Å². The zero-order valence-electron chi connectivity index (χ0n) is 24.7. The largest absolute Gasteiger partial charge is 0.400 e. The molecule has 4 aliphatic rings. The minimum absolute atomic E-state index is 0.0851. The van der Waals surface area contributed by atoms with Crippen LogP contribution in [-0.4, -0.2) is 76.2 Å². The highest BCUT2D eigenvalue weighted by atomic mass is 32.2. The molecule has 12 nitrogen and oxygen atoms in total. The minimum Gasteiger partial charge on any atom is -0.362 e. The molecule has 1 aliphatic carbocycles. The van der Waals surface area contributed by atoms with Gasteiger partial charge < -0.3 is 31.9 Å². The SMILES string of the molecule is CC(C)(C)NC(=O)N[C@H](C(=O)N1C[C@H]2[C@@H]([C@H]1C(=O)N[C@@H](C[C@H]1CCNC1=O)[C@]1(C(N)=O)O[SH+]1)C2(C)C)C(C)(C)C. The van der Waals surface area contributed by atoms with Crippen molar-refractivity contribution in [2.45, 2.75) is 96.8 Å². The van der Waals surface area contributed by atoms with E-state index < -0.39 is 51.9 Å². The van der Waals surface area contributed by atoms with Crippen molar-refractivity contribution in [1.82, 2.24) is 26.2 Å². The lowest BCUT2D eigenvalue weighted by Gasteiger charge is -2.38. The fourth-order valence-electron chi connectivity index (χ4n) is 6.30. The summed E-state index contributed by atoms with van der Waals surface area (Å²) in [5.41, 5.74) is 4.39. The number of urea groups is 1. The van der Waals surface area contributed by atoms with Crippen molar-refractivity contribution in [3.63, 3.8) is 0 Å². The van der Waals surface area contributed by atoms with Crippen LogP contribution < -0.4 is 27.0 Å². The van der Waals surface area contributed by atoms with E-state index in [9.17, 15) is 24.0 Å². The van der Waals surface area contributed by atoms with Crippen molar-refractivity contribution in [3.05, 3.63) is 0 Å². The predicted molar refractivity (Wildman–Crippen MR) is 150 cm³/mol. The maximum absolute atomic E-state index is 14.1. The molecule has 0 radical (unpaired) electrons. The molecule has 0 unspecified atom stereocenters. The van der Waals surface area contributed by atoms with Gasteiger partial charge in [0.1, 0.15) is 18.1 Å². The molecule has 4 fully saturated rings. The van der Waals surface area contributed by atoms with Crippen molar-refractivity contribution >= 4 is 41.7 Å². The van der Waals surface area contributed by atoms with Crippen LogP contribution in [0.15, 0.2) is 0 Å². The zero-order chi connectivity index (χ0) is 30.0. The molecule has 13 heteroatoms. The second kappa shape index (κ2) is 10.1. The Morgan fingerprint density at radius 2 is 1.77 bits per heavy atom. The first-order valence-corrected chi connectivity index (χ1v) is 14.8. The molecule has 0 aromatic carbocycles. The van der Waals surface area contributed by atoms with Gasteiger partial charge in [0.25, 0.3) is 0 Å². The molecule has 7 atom stereocenters. The van der Waals surface area contributed by atoms with Crippen LogP contribution in [0, 0.1) is 28.6 Å². The number of likely N-dealkylation sites (tertiary alicyclic amines) is 1. The number of fused-ring (bicyclic) bond motifs is 1. The molecule has 3 heterocycles. The van der Waals surface area contributed by atoms with E-state index in [0.29, 0.717) is 31.6 Å². The molecule has 3 aliphatic heterocycles. The minimum atomic E-state index is -1.40. The van der Waals surface area contributed by atoms with Crippen molar-refractivity contribution in [2.75, 3.05) is 13.1 Å². The summed E-state index contributed by atoms with van der Waals surface area (Å²) in [7, 11) is 0. The van der Waals surface area contributed by atoms with E-state index >= 15 is 0 Å². The van der Waals surface area contributed by atoms with Crippen LogP contribution >= 0.6 is 0 Å². The molecule has 40 heavy (non-hydrogen) atoms. The molecule has 0 bridgehead atoms. The average molecular weight is 582 g/mol. The second-order valence-electron chi connectivity index (χ2n) is 14.4. The zero-order valence-corrected chi connectivity index (χ0v) is 25.6. The fraction of sp³-hybridized carbons (Fsp3) is 0.815. The predicted octanol–water partition coefficient (Wildman–Crippen LogP) is -0.0655. The first kappa shape index (κ1) is 30.4. The smallest absolute Gasteiger partial charge is 0.362 e. The number of carbonyl (C=O) groups excluding carboxylic acids is 5. The van der Waals surface area contributed by atoms with Crippen molar-refractivity contribution in [2.24, 2.45) is 34.3 Å². The number of nitrogens with one attached hydrogen (secondary N) is 4. The quantitative estimate of drug-likeness (QED) is 0.152. The average Bonchev–Trinajstić information content (AvgIpc) is 3.56. The van der Waals surface area contributed by atoms with Gasteiger partial charge in [0, 0.05) is 24.5 Å². The maximum atomic E-state index is 14.1. The number of rotatable bonds is 8. The Morgan fingerprint density at radius 3 is 2.25 bits per heavy atom. The van der Waals surface area contributed by atoms with E-state index in [1.54, 1.807) is 4.90 Å². The topological polar surface area (TPSA) is 175 Å². The second-order valence-corrected chi connectivity index (χ2v) is 15.4. The van der Waals surface area contributed by atoms with Gasteiger partial charge in [0.2, 0.25) is 17.7 Å². The number of primary amides is 1. The summed E-state index contributed by atoms with van der Waals surface area (Å²) < 4.78 is 5.46. The highest BCUT2D eigenvalue weighted by molar-refractivity contribution is 7.82. The summed E-state index contributed by atoms with van der Waals surface area (Å²) in [4.78, 5) is 65.7. The van der Waals surface area contributed by atoms with Gasteiger partial charge in [-0.2, -0.15) is 0 Å². The summed E-state index contributed by atoms with van der Waals surface area (Å²) in [6.07, 6.45) is 0.781. The Balaban J connectivity index is 1.58. The van der Waals surface area contributed by atoms with E-state index in [0.717, 1.165) is 0 Å². The first-order chi connectivity index (χ1) is 18.3. The van der Waals surface area contributed by atoms with E-state index in [2.05, 4.69) is 35.1 Å². The Morgan fingerprint density at radius 1 is 1.15 bits per heavy atom. The molecule has 1 saturated carbocycles. The lowest BCUT2D eigenvalue weighted by Crippen LogP contribution is -2.62. The van der Waals surface area contributed by atoms with Crippen LogP contribution in [0.5, 0.6) is 0 Å². The Hall–Kier alpha value is -2.54. The van der Waals surface area contributed by atoms with E-state index in [1.165, 1.54) is 0 Å². The normalized spacial score (nSPS) is 31.9. The number of thiol groups is 1. The molecule has 3 saturated heterocycles. The number of hydrogen-bond acceptors (Lipinski definition) is 6. The highest BCUT2D eigenvalue weighted by Gasteiger charge is 2.74. The van der Waals surface area contributed by atoms with Crippen molar-refractivity contribution in [1.29, 1.82) is 0 Å². The van der Waals surface area contributed by atoms with Crippen LogP contribution in [0.3, 0.4) is 0 Å².